The predicted molar refractivity (Wildman–Crippen MR) is 40.1 cm³/mol. The van der Waals surface area contributed by atoms with Crippen LogP contribution in [0.2, 0.25) is 0 Å². The smallest absolute Gasteiger partial charge is 0.329 e. The van der Waals surface area contributed by atoms with E-state index >= 15 is 0 Å². The average Bonchev–Trinajstić information content (AvgIpc) is 2.03. The number of methoxy groups -OCH3 is 1. The fraction of sp³-hybridized carbons (Fsp3) is 0.500. The molecule has 0 radical (unpaired) electrons. The van der Waals surface area contributed by atoms with Crippen molar-refractivity contribution in [1.82, 2.24) is 5.43 Å². The van der Waals surface area contributed by atoms with Gasteiger partial charge in [0.15, 0.2) is 0 Å². The molecule has 10 heavy (non-hydrogen) atoms. The largest absolute Gasteiger partial charge is 0.466 e. The summed E-state index contributed by atoms with van der Waals surface area (Å²) >= 11 is 0. The molecular formula is C6H14N2O2. The molecule has 0 spiro atoms. The fourth-order valence-corrected chi connectivity index (χ4v) is 0.0833. The highest BCUT2D eigenvalue weighted by atomic mass is 16.5. The molecule has 0 heterocycles. The highest BCUT2D eigenvalue weighted by Gasteiger charge is 1.81. The third-order valence-corrected chi connectivity index (χ3v) is 0.572. The van der Waals surface area contributed by atoms with E-state index in [1.807, 2.05) is 6.92 Å². The molecule has 0 aliphatic heterocycles. The molecule has 0 saturated heterocycles. The Balaban J connectivity index is 0. The molecule has 0 unspecified atom stereocenters. The molecule has 4 heteroatoms. The number of carbonyl (C=O) groups excluding carboxylic acids is 1. The minimum absolute atomic E-state index is 0.394. The second-order valence-electron chi connectivity index (χ2n) is 1.28. The van der Waals surface area contributed by atoms with Crippen LogP contribution < -0.4 is 11.3 Å². The first kappa shape index (κ1) is 11.9. The molecule has 3 N–H and O–H groups in total. The SMILES string of the molecule is C=CC(=O)OC.CCNN. The van der Waals surface area contributed by atoms with Crippen molar-refractivity contribution in [2.45, 2.75) is 6.92 Å². The number of nitrogens with two attached hydrogens (primary N) is 1. The Bertz CT molecular complexity index is 91.7. The van der Waals surface area contributed by atoms with Crippen molar-refractivity contribution in [3.63, 3.8) is 0 Å². The van der Waals surface area contributed by atoms with Crippen LogP contribution in [0, 0.1) is 0 Å². The van der Waals surface area contributed by atoms with Crippen LogP contribution in [0.25, 0.3) is 0 Å². The Morgan fingerprint density at radius 3 is 2.30 bits per heavy atom. The van der Waals surface area contributed by atoms with Crippen LogP contribution in [-0.2, 0) is 9.53 Å². The van der Waals surface area contributed by atoms with Gasteiger partial charge in [0.05, 0.1) is 7.11 Å². The van der Waals surface area contributed by atoms with Crippen LogP contribution in [0.4, 0.5) is 0 Å². The molecule has 0 rings (SSSR count). The van der Waals surface area contributed by atoms with Gasteiger partial charge in [0.25, 0.3) is 0 Å². The van der Waals surface area contributed by atoms with Crippen LogP contribution in [0.5, 0.6) is 0 Å². The summed E-state index contributed by atoms with van der Waals surface area (Å²) in [5, 5.41) is 0. The minimum atomic E-state index is -0.394. The van der Waals surface area contributed by atoms with Crippen LogP contribution in [0.1, 0.15) is 6.92 Å². The van der Waals surface area contributed by atoms with Crippen LogP contribution in [-0.4, -0.2) is 19.6 Å². The molecule has 0 atom stereocenters. The summed E-state index contributed by atoms with van der Waals surface area (Å²) in [5.74, 6) is 4.38. The highest BCUT2D eigenvalue weighted by Crippen LogP contribution is 1.67. The van der Waals surface area contributed by atoms with Crippen molar-refractivity contribution in [3.05, 3.63) is 12.7 Å². The third-order valence-electron chi connectivity index (χ3n) is 0.572. The highest BCUT2D eigenvalue weighted by molar-refractivity contribution is 5.80. The van der Waals surface area contributed by atoms with E-state index in [4.69, 9.17) is 5.84 Å². The normalized spacial score (nSPS) is 7.10. The maximum atomic E-state index is 9.84. The summed E-state index contributed by atoms with van der Waals surface area (Å²) < 4.78 is 4.14. The predicted octanol–water partition coefficient (Wildman–Crippen LogP) is -0.185. The Kier molecular flexibility index (Phi) is 13.1. The van der Waals surface area contributed by atoms with Crippen molar-refractivity contribution in [1.29, 1.82) is 0 Å². The lowest BCUT2D eigenvalue weighted by molar-refractivity contribution is -0.134. The molecule has 60 valence electrons. The number of hydrogen-bond donors (Lipinski definition) is 2. The number of rotatable bonds is 2. The van der Waals surface area contributed by atoms with E-state index in [1.54, 1.807) is 0 Å². The number of nitrogens with one attached hydrogen (secondary N) is 1. The van der Waals surface area contributed by atoms with Gasteiger partial charge < -0.3 is 4.74 Å². The van der Waals surface area contributed by atoms with E-state index in [-0.39, 0.29) is 0 Å². The number of carbonyl (C=O) groups is 1. The van der Waals surface area contributed by atoms with E-state index < -0.39 is 5.97 Å². The number of esters is 1. The van der Waals surface area contributed by atoms with Gasteiger partial charge in [-0.15, -0.1) is 0 Å². The van der Waals surface area contributed by atoms with Crippen LogP contribution >= 0.6 is 0 Å². The summed E-state index contributed by atoms with van der Waals surface area (Å²) in [6.07, 6.45) is 1.11. The van der Waals surface area contributed by atoms with Gasteiger partial charge in [-0.1, -0.05) is 13.5 Å². The first-order valence-electron chi connectivity index (χ1n) is 2.86. The third kappa shape index (κ3) is 15.7. The Morgan fingerprint density at radius 1 is 1.90 bits per heavy atom. The number of ether oxygens (including phenoxy) is 1. The monoisotopic (exact) mass is 146 g/mol. The molecule has 0 aromatic carbocycles. The van der Waals surface area contributed by atoms with E-state index in [0.717, 1.165) is 12.6 Å². The van der Waals surface area contributed by atoms with Crippen molar-refractivity contribution in [2.24, 2.45) is 5.84 Å². The van der Waals surface area contributed by atoms with Crippen LogP contribution in [0.15, 0.2) is 12.7 Å². The molecule has 0 aliphatic rings. The van der Waals surface area contributed by atoms with Gasteiger partial charge in [-0.25, -0.2) is 4.79 Å². The van der Waals surface area contributed by atoms with E-state index in [0.29, 0.717) is 0 Å². The fourth-order valence-electron chi connectivity index (χ4n) is 0.0833. The Hall–Kier alpha value is -0.870. The summed E-state index contributed by atoms with van der Waals surface area (Å²) in [6.45, 7) is 5.95. The Morgan fingerprint density at radius 2 is 2.30 bits per heavy atom. The topological polar surface area (TPSA) is 64.3 Å². The van der Waals surface area contributed by atoms with Gasteiger partial charge in [0.2, 0.25) is 0 Å². The molecule has 0 fully saturated rings. The van der Waals surface area contributed by atoms with Crippen LogP contribution in [0.3, 0.4) is 0 Å². The molecule has 0 aliphatic carbocycles. The molecular weight excluding hydrogens is 132 g/mol. The first-order valence-corrected chi connectivity index (χ1v) is 2.86. The maximum absolute atomic E-state index is 9.84. The van der Waals surface area contributed by atoms with Gasteiger partial charge >= 0.3 is 5.97 Å². The van der Waals surface area contributed by atoms with Crippen molar-refractivity contribution in [2.75, 3.05) is 13.7 Å². The zero-order valence-electron chi connectivity index (χ0n) is 6.39. The molecule has 0 amide bonds. The first-order chi connectivity index (χ1) is 4.72. The molecule has 0 saturated carbocycles. The maximum Gasteiger partial charge on any atom is 0.329 e. The van der Waals surface area contributed by atoms with E-state index in [2.05, 4.69) is 16.7 Å². The van der Waals surface area contributed by atoms with E-state index in [9.17, 15) is 4.79 Å². The molecule has 0 bridgehead atoms. The lowest BCUT2D eigenvalue weighted by Gasteiger charge is -1.83. The second-order valence-corrected chi connectivity index (χ2v) is 1.28. The standard InChI is InChI=1S/C4H6O2.C2H8N2/c1-3-4(5)6-2;1-2-4-3/h3H,1H2,2H3;4H,2-3H2,1H3. The average molecular weight is 146 g/mol. The lowest BCUT2D eigenvalue weighted by atomic mass is 10.7. The van der Waals surface area contributed by atoms with Gasteiger partial charge in [-0.3, -0.25) is 11.3 Å². The number of hydrogen-bond acceptors (Lipinski definition) is 4. The Labute approximate surface area is 61.0 Å². The zero-order chi connectivity index (χ0) is 8.41. The van der Waals surface area contributed by atoms with Gasteiger partial charge in [0.1, 0.15) is 0 Å². The van der Waals surface area contributed by atoms with Crippen molar-refractivity contribution in [3.8, 4) is 0 Å². The molecule has 4 nitrogen and oxygen atoms in total. The summed E-state index contributed by atoms with van der Waals surface area (Å²) in [5.41, 5.74) is 2.43. The van der Waals surface area contributed by atoms with Crippen molar-refractivity contribution >= 4 is 5.97 Å². The van der Waals surface area contributed by atoms with Gasteiger partial charge in [0, 0.05) is 12.6 Å². The van der Waals surface area contributed by atoms with Gasteiger partial charge in [-0.05, 0) is 0 Å². The summed E-state index contributed by atoms with van der Waals surface area (Å²) in [6, 6.07) is 0. The second kappa shape index (κ2) is 11.0. The summed E-state index contributed by atoms with van der Waals surface area (Å²) in [4.78, 5) is 9.84. The van der Waals surface area contributed by atoms with E-state index in [1.165, 1.54) is 7.11 Å². The summed E-state index contributed by atoms with van der Waals surface area (Å²) in [7, 11) is 1.31. The van der Waals surface area contributed by atoms with Crippen molar-refractivity contribution < 1.29 is 9.53 Å². The minimum Gasteiger partial charge on any atom is -0.466 e. The number of hydrazine groups is 1. The lowest BCUT2D eigenvalue weighted by Crippen LogP contribution is -2.20. The zero-order valence-corrected chi connectivity index (χ0v) is 6.39. The quantitative estimate of drug-likeness (QED) is 0.245. The molecule has 0 aromatic heterocycles. The van der Waals surface area contributed by atoms with Gasteiger partial charge in [-0.2, -0.15) is 0 Å². The molecule has 0 aromatic rings.